The first-order valence-corrected chi connectivity index (χ1v) is 9.54. The highest BCUT2D eigenvalue weighted by Crippen LogP contribution is 2.05. The maximum absolute atomic E-state index is 12.3. The van der Waals surface area contributed by atoms with E-state index in [-0.39, 0.29) is 24.0 Å². The van der Waals surface area contributed by atoms with Crippen LogP contribution in [0.15, 0.2) is 0 Å². The molecule has 27 heavy (non-hydrogen) atoms. The molecule has 0 aliphatic carbocycles. The molecule has 4 atom stereocenters. The molecule has 0 heterocycles. The van der Waals surface area contributed by atoms with Gasteiger partial charge in [0.1, 0.15) is 18.1 Å². The van der Waals surface area contributed by atoms with Crippen molar-refractivity contribution >= 4 is 36.3 Å². The Bertz CT molecular complexity index is 541. The molecule has 3 amide bonds. The average molecular weight is 405 g/mol. The van der Waals surface area contributed by atoms with Gasteiger partial charge in [-0.2, -0.15) is 12.6 Å². The zero-order valence-corrected chi connectivity index (χ0v) is 17.4. The molecule has 0 fully saturated rings. The van der Waals surface area contributed by atoms with Crippen LogP contribution in [0.4, 0.5) is 0 Å². The number of amides is 3. The number of thiol groups is 1. The molecule has 0 saturated heterocycles. The van der Waals surface area contributed by atoms with Crippen LogP contribution in [0.5, 0.6) is 0 Å². The van der Waals surface area contributed by atoms with Crippen molar-refractivity contribution in [3.05, 3.63) is 0 Å². The number of aliphatic carboxylic acids is 1. The Morgan fingerprint density at radius 1 is 0.889 bits per heavy atom. The number of carbonyl (C=O) groups excluding carboxylic acids is 3. The molecule has 0 aliphatic heterocycles. The topological polar surface area (TPSA) is 151 Å². The van der Waals surface area contributed by atoms with Gasteiger partial charge in [-0.3, -0.25) is 14.4 Å². The van der Waals surface area contributed by atoms with Crippen LogP contribution in [0, 0.1) is 11.8 Å². The van der Waals surface area contributed by atoms with Gasteiger partial charge in [-0.05, 0) is 25.2 Å². The predicted octanol–water partition coefficient (Wildman–Crippen LogP) is -0.495. The summed E-state index contributed by atoms with van der Waals surface area (Å²) in [6.07, 6.45) is 0.268. The summed E-state index contributed by atoms with van der Waals surface area (Å²) < 4.78 is 0. The van der Waals surface area contributed by atoms with E-state index in [1.54, 1.807) is 13.8 Å². The van der Waals surface area contributed by atoms with Gasteiger partial charge in [0.25, 0.3) is 0 Å². The largest absolute Gasteiger partial charge is 0.480 e. The second-order valence-corrected chi connectivity index (χ2v) is 7.64. The van der Waals surface area contributed by atoms with Crippen molar-refractivity contribution in [2.45, 2.75) is 65.2 Å². The first kappa shape index (κ1) is 25.2. The fraction of sp³-hybridized carbons (Fsp3) is 0.765. The predicted molar refractivity (Wildman–Crippen MR) is 105 cm³/mol. The SMILES string of the molecule is CC(C)CC(NC(=O)C(C)NC(=O)C(CS)NC(=O)C(N)C(C)C)C(=O)O. The van der Waals surface area contributed by atoms with E-state index in [2.05, 4.69) is 28.6 Å². The van der Waals surface area contributed by atoms with Crippen LogP contribution < -0.4 is 21.7 Å². The third-order valence-electron chi connectivity index (χ3n) is 3.91. The zero-order chi connectivity index (χ0) is 21.3. The van der Waals surface area contributed by atoms with E-state index in [9.17, 15) is 24.3 Å². The standard InChI is InChI=1S/C17H32N4O5S/c1-8(2)6-11(17(25)26)20-14(22)10(5)19-15(23)12(7-27)21-16(24)13(18)9(3)4/h8-13,27H,6-7,18H2,1-5H3,(H,19,23)(H,20,22)(H,21,24)(H,25,26). The molecular weight excluding hydrogens is 372 g/mol. The fourth-order valence-corrected chi connectivity index (χ4v) is 2.39. The van der Waals surface area contributed by atoms with Gasteiger partial charge in [0.15, 0.2) is 0 Å². The Balaban J connectivity index is 4.82. The van der Waals surface area contributed by atoms with Gasteiger partial charge in [-0.25, -0.2) is 4.79 Å². The summed E-state index contributed by atoms with van der Waals surface area (Å²) in [5, 5.41) is 16.5. The molecule has 0 aromatic heterocycles. The molecule has 4 unspecified atom stereocenters. The molecule has 6 N–H and O–H groups in total. The van der Waals surface area contributed by atoms with Crippen LogP contribution in [0.1, 0.15) is 41.0 Å². The van der Waals surface area contributed by atoms with Crippen molar-refractivity contribution < 1.29 is 24.3 Å². The van der Waals surface area contributed by atoms with Crippen LogP contribution in [-0.4, -0.2) is 58.7 Å². The number of carboxylic acids is 1. The maximum Gasteiger partial charge on any atom is 0.326 e. The summed E-state index contributed by atoms with van der Waals surface area (Å²) in [7, 11) is 0. The summed E-state index contributed by atoms with van der Waals surface area (Å²) in [6, 6.07) is -3.76. The smallest absolute Gasteiger partial charge is 0.326 e. The molecule has 10 heteroatoms. The van der Waals surface area contributed by atoms with Crippen molar-refractivity contribution in [2.75, 3.05) is 5.75 Å². The van der Waals surface area contributed by atoms with E-state index in [4.69, 9.17) is 5.73 Å². The van der Waals surface area contributed by atoms with Crippen LogP contribution >= 0.6 is 12.6 Å². The van der Waals surface area contributed by atoms with Gasteiger partial charge in [-0.15, -0.1) is 0 Å². The quantitative estimate of drug-likeness (QED) is 0.256. The van der Waals surface area contributed by atoms with Gasteiger partial charge < -0.3 is 26.8 Å². The lowest BCUT2D eigenvalue weighted by molar-refractivity contribution is -0.142. The third kappa shape index (κ3) is 9.09. The highest BCUT2D eigenvalue weighted by atomic mass is 32.1. The first-order valence-electron chi connectivity index (χ1n) is 8.91. The highest BCUT2D eigenvalue weighted by molar-refractivity contribution is 7.80. The van der Waals surface area contributed by atoms with Crippen LogP contribution in [0.25, 0.3) is 0 Å². The molecule has 156 valence electrons. The molecule has 9 nitrogen and oxygen atoms in total. The summed E-state index contributed by atoms with van der Waals surface area (Å²) in [5.74, 6) is -2.87. The maximum atomic E-state index is 12.3. The highest BCUT2D eigenvalue weighted by Gasteiger charge is 2.28. The molecule has 0 aromatic rings. The van der Waals surface area contributed by atoms with Crippen molar-refractivity contribution in [2.24, 2.45) is 17.6 Å². The average Bonchev–Trinajstić information content (AvgIpc) is 2.56. The Kier molecular flexibility index (Phi) is 11.0. The lowest BCUT2D eigenvalue weighted by Crippen LogP contribution is -2.57. The van der Waals surface area contributed by atoms with Gasteiger partial charge in [0.05, 0.1) is 6.04 Å². The number of nitrogens with two attached hydrogens (primary N) is 1. The Morgan fingerprint density at radius 3 is 1.81 bits per heavy atom. The van der Waals surface area contributed by atoms with Crippen molar-refractivity contribution in [1.82, 2.24) is 16.0 Å². The molecule has 0 bridgehead atoms. The van der Waals surface area contributed by atoms with Crippen molar-refractivity contribution in [1.29, 1.82) is 0 Å². The second-order valence-electron chi connectivity index (χ2n) is 7.27. The Morgan fingerprint density at radius 2 is 1.41 bits per heavy atom. The number of hydrogen-bond donors (Lipinski definition) is 6. The van der Waals surface area contributed by atoms with E-state index in [1.165, 1.54) is 6.92 Å². The Labute approximate surface area is 165 Å². The fourth-order valence-electron chi connectivity index (χ4n) is 2.13. The molecular formula is C17H32N4O5S. The normalized spacial score (nSPS) is 15.6. The minimum atomic E-state index is -1.14. The van der Waals surface area contributed by atoms with Crippen LogP contribution in [0.3, 0.4) is 0 Å². The van der Waals surface area contributed by atoms with E-state index in [0.717, 1.165) is 0 Å². The van der Waals surface area contributed by atoms with E-state index in [1.807, 2.05) is 13.8 Å². The minimum Gasteiger partial charge on any atom is -0.480 e. The number of hydrogen-bond acceptors (Lipinski definition) is 6. The number of carbonyl (C=O) groups is 4. The molecule has 0 aliphatic rings. The second kappa shape index (κ2) is 11.8. The van der Waals surface area contributed by atoms with Gasteiger partial charge in [0.2, 0.25) is 17.7 Å². The molecule has 0 aromatic carbocycles. The van der Waals surface area contributed by atoms with Crippen molar-refractivity contribution in [3.63, 3.8) is 0 Å². The van der Waals surface area contributed by atoms with E-state index in [0.29, 0.717) is 0 Å². The third-order valence-corrected chi connectivity index (χ3v) is 4.28. The van der Waals surface area contributed by atoms with Gasteiger partial charge in [-0.1, -0.05) is 27.7 Å². The Hall–Kier alpha value is -1.81. The summed E-state index contributed by atoms with van der Waals surface area (Å²) >= 11 is 4.05. The molecule has 0 rings (SSSR count). The minimum absolute atomic E-state index is 0.0157. The molecule has 0 radical (unpaired) electrons. The lowest BCUT2D eigenvalue weighted by atomic mass is 10.0. The van der Waals surface area contributed by atoms with E-state index < -0.39 is 47.9 Å². The number of nitrogens with one attached hydrogen (secondary N) is 3. The summed E-state index contributed by atoms with van der Waals surface area (Å²) in [5.41, 5.74) is 5.75. The van der Waals surface area contributed by atoms with Crippen molar-refractivity contribution in [3.8, 4) is 0 Å². The van der Waals surface area contributed by atoms with Crippen LogP contribution in [0.2, 0.25) is 0 Å². The number of rotatable bonds is 11. The van der Waals surface area contributed by atoms with Gasteiger partial charge in [0, 0.05) is 5.75 Å². The summed E-state index contributed by atoms with van der Waals surface area (Å²) in [4.78, 5) is 47.7. The number of carboxylic acid groups (broad SMARTS) is 1. The molecule has 0 spiro atoms. The molecule has 0 saturated carbocycles. The van der Waals surface area contributed by atoms with Crippen LogP contribution in [-0.2, 0) is 19.2 Å². The van der Waals surface area contributed by atoms with E-state index >= 15 is 0 Å². The first-order chi connectivity index (χ1) is 12.4. The lowest BCUT2D eigenvalue weighted by Gasteiger charge is -2.23. The zero-order valence-electron chi connectivity index (χ0n) is 16.5. The monoisotopic (exact) mass is 404 g/mol. The summed E-state index contributed by atoms with van der Waals surface area (Å²) in [6.45, 7) is 8.67. The van der Waals surface area contributed by atoms with Gasteiger partial charge >= 0.3 is 5.97 Å².